The summed E-state index contributed by atoms with van der Waals surface area (Å²) in [6.07, 6.45) is 0.702. The van der Waals surface area contributed by atoms with Gasteiger partial charge in [-0.25, -0.2) is 4.39 Å². The smallest absolute Gasteiger partial charge is 0.253 e. The van der Waals surface area contributed by atoms with Gasteiger partial charge in [-0.2, -0.15) is 0 Å². The highest BCUT2D eigenvalue weighted by molar-refractivity contribution is 5.95. The second-order valence-corrected chi connectivity index (χ2v) is 3.37. The number of nitrogens with zero attached hydrogens (tertiary/aromatic N) is 1. The van der Waals surface area contributed by atoms with E-state index in [0.29, 0.717) is 17.4 Å². The Morgan fingerprint density at radius 1 is 1.47 bits per heavy atom. The minimum absolute atomic E-state index is 0.0483. The largest absolute Gasteiger partial charge is 0.345 e. The van der Waals surface area contributed by atoms with Gasteiger partial charge in [0.1, 0.15) is 12.1 Å². The Kier molecular flexibility index (Phi) is 3.55. The topological polar surface area (TPSA) is 37.4 Å². The molecule has 0 unspecified atom stereocenters. The lowest BCUT2D eigenvalue weighted by molar-refractivity contribution is -0.107. The number of hydrogen-bond acceptors (Lipinski definition) is 2. The fraction of sp³-hybridized carbons (Fsp3) is 0.273. The van der Waals surface area contributed by atoms with Gasteiger partial charge in [-0.05, 0) is 23.8 Å². The van der Waals surface area contributed by atoms with Gasteiger partial charge in [-0.15, -0.1) is 0 Å². The lowest BCUT2D eigenvalue weighted by atomic mass is 10.0. The van der Waals surface area contributed by atoms with Crippen LogP contribution in [0.15, 0.2) is 18.2 Å². The number of hydrogen-bond donors (Lipinski definition) is 0. The zero-order valence-corrected chi connectivity index (χ0v) is 8.66. The molecule has 1 aromatic rings. The average Bonchev–Trinajstić information content (AvgIpc) is 2.17. The summed E-state index contributed by atoms with van der Waals surface area (Å²) in [6.45, 7) is 0. The van der Waals surface area contributed by atoms with Gasteiger partial charge in [-0.1, -0.05) is 0 Å². The van der Waals surface area contributed by atoms with Crippen LogP contribution < -0.4 is 0 Å². The minimum Gasteiger partial charge on any atom is -0.345 e. The molecule has 1 aromatic carbocycles. The Morgan fingerprint density at radius 3 is 2.67 bits per heavy atom. The first-order valence-electron chi connectivity index (χ1n) is 4.50. The number of amides is 1. The second kappa shape index (κ2) is 4.68. The molecule has 15 heavy (non-hydrogen) atoms. The molecular formula is C11H12FNO2. The lowest BCUT2D eigenvalue weighted by Gasteiger charge is -2.12. The molecule has 0 saturated heterocycles. The predicted molar refractivity (Wildman–Crippen MR) is 54.2 cm³/mol. The summed E-state index contributed by atoms with van der Waals surface area (Å²) in [5.41, 5.74) is 0.789. The Morgan fingerprint density at radius 2 is 2.13 bits per heavy atom. The minimum atomic E-state index is -0.442. The lowest BCUT2D eigenvalue weighted by Crippen LogP contribution is -2.23. The molecule has 0 heterocycles. The van der Waals surface area contributed by atoms with E-state index in [1.165, 1.54) is 23.1 Å². The van der Waals surface area contributed by atoms with Gasteiger partial charge in [0.15, 0.2) is 0 Å². The highest BCUT2D eigenvalue weighted by Gasteiger charge is 2.13. The van der Waals surface area contributed by atoms with Gasteiger partial charge < -0.3 is 9.69 Å². The molecule has 0 fully saturated rings. The molecule has 0 atom stereocenters. The molecular weight excluding hydrogens is 197 g/mol. The molecule has 0 radical (unpaired) electrons. The second-order valence-electron chi connectivity index (χ2n) is 3.37. The van der Waals surface area contributed by atoms with Crippen LogP contribution in [0.25, 0.3) is 0 Å². The molecule has 3 nitrogen and oxygen atoms in total. The molecule has 0 saturated carbocycles. The predicted octanol–water partition coefficient (Wildman–Crippen LogP) is 1.27. The quantitative estimate of drug-likeness (QED) is 0.703. The van der Waals surface area contributed by atoms with Crippen molar-refractivity contribution in [3.8, 4) is 0 Å². The summed E-state index contributed by atoms with van der Waals surface area (Å²) in [5.74, 6) is -0.672. The number of carbonyl (C=O) groups is 2. The molecule has 1 rings (SSSR count). The van der Waals surface area contributed by atoms with Gasteiger partial charge in [0.2, 0.25) is 0 Å². The van der Waals surface area contributed by atoms with Crippen molar-refractivity contribution in [3.05, 3.63) is 35.1 Å². The third kappa shape index (κ3) is 2.62. The van der Waals surface area contributed by atoms with Crippen molar-refractivity contribution < 1.29 is 14.0 Å². The number of benzene rings is 1. The number of rotatable bonds is 3. The molecule has 0 aliphatic carbocycles. The fourth-order valence-corrected chi connectivity index (χ4v) is 1.27. The van der Waals surface area contributed by atoms with Crippen LogP contribution in [0.2, 0.25) is 0 Å². The Labute approximate surface area is 87.5 Å². The normalized spacial score (nSPS) is 9.80. The van der Waals surface area contributed by atoms with E-state index in [0.717, 1.165) is 0 Å². The summed E-state index contributed by atoms with van der Waals surface area (Å²) in [7, 11) is 3.22. The monoisotopic (exact) mass is 209 g/mol. The fourth-order valence-electron chi connectivity index (χ4n) is 1.27. The maximum Gasteiger partial charge on any atom is 0.253 e. The first-order chi connectivity index (χ1) is 7.06. The molecule has 80 valence electrons. The first-order valence-corrected chi connectivity index (χ1v) is 4.50. The van der Waals surface area contributed by atoms with Crippen LogP contribution in [0.4, 0.5) is 4.39 Å². The van der Waals surface area contributed by atoms with E-state index in [-0.39, 0.29) is 12.3 Å². The van der Waals surface area contributed by atoms with Crippen molar-refractivity contribution in [1.29, 1.82) is 0 Å². The van der Waals surface area contributed by atoms with Crippen molar-refractivity contribution in [3.63, 3.8) is 0 Å². The van der Waals surface area contributed by atoms with Crippen molar-refractivity contribution >= 4 is 12.2 Å². The van der Waals surface area contributed by atoms with Crippen LogP contribution in [0.5, 0.6) is 0 Å². The number of carbonyl (C=O) groups excluding carboxylic acids is 2. The Balaban J connectivity index is 3.16. The molecule has 0 aliphatic heterocycles. The first kappa shape index (κ1) is 11.4. The third-order valence-corrected chi connectivity index (χ3v) is 2.01. The Hall–Kier alpha value is -1.71. The van der Waals surface area contributed by atoms with E-state index < -0.39 is 5.82 Å². The van der Waals surface area contributed by atoms with E-state index in [1.807, 2.05) is 0 Å². The van der Waals surface area contributed by atoms with Crippen LogP contribution in [0.1, 0.15) is 15.9 Å². The third-order valence-electron chi connectivity index (χ3n) is 2.01. The van der Waals surface area contributed by atoms with E-state index in [2.05, 4.69) is 0 Å². The van der Waals surface area contributed by atoms with Crippen molar-refractivity contribution in [2.24, 2.45) is 0 Å². The molecule has 1 amide bonds. The zero-order valence-electron chi connectivity index (χ0n) is 8.66. The SMILES string of the molecule is CN(C)C(=O)c1ccc(F)cc1CC=O. The van der Waals surface area contributed by atoms with Gasteiger partial charge in [0, 0.05) is 26.1 Å². The van der Waals surface area contributed by atoms with E-state index >= 15 is 0 Å². The average molecular weight is 209 g/mol. The summed E-state index contributed by atoms with van der Waals surface area (Å²) >= 11 is 0. The number of aldehydes is 1. The summed E-state index contributed by atoms with van der Waals surface area (Å²) in [5, 5.41) is 0. The maximum absolute atomic E-state index is 12.9. The van der Waals surface area contributed by atoms with E-state index in [4.69, 9.17) is 0 Å². The molecule has 0 bridgehead atoms. The van der Waals surface area contributed by atoms with E-state index in [1.54, 1.807) is 14.1 Å². The standard InChI is InChI=1S/C11H12FNO2/c1-13(2)11(15)10-4-3-9(12)7-8(10)5-6-14/h3-4,6-7H,5H2,1-2H3. The number of halogens is 1. The highest BCUT2D eigenvalue weighted by Crippen LogP contribution is 2.13. The van der Waals surface area contributed by atoms with Gasteiger partial charge in [-0.3, -0.25) is 4.79 Å². The summed E-state index contributed by atoms with van der Waals surface area (Å²) < 4.78 is 12.9. The summed E-state index contributed by atoms with van der Waals surface area (Å²) in [4.78, 5) is 23.4. The van der Waals surface area contributed by atoms with Crippen LogP contribution >= 0.6 is 0 Å². The van der Waals surface area contributed by atoms with Crippen LogP contribution in [0.3, 0.4) is 0 Å². The molecule has 0 N–H and O–H groups in total. The molecule has 0 aromatic heterocycles. The van der Waals surface area contributed by atoms with Crippen LogP contribution in [0, 0.1) is 5.82 Å². The maximum atomic E-state index is 12.9. The van der Waals surface area contributed by atoms with Gasteiger partial charge in [0.25, 0.3) is 5.91 Å². The van der Waals surface area contributed by atoms with Gasteiger partial charge >= 0.3 is 0 Å². The van der Waals surface area contributed by atoms with Crippen LogP contribution in [-0.2, 0) is 11.2 Å². The van der Waals surface area contributed by atoms with E-state index in [9.17, 15) is 14.0 Å². The van der Waals surface area contributed by atoms with Crippen molar-refractivity contribution in [2.45, 2.75) is 6.42 Å². The zero-order chi connectivity index (χ0) is 11.4. The van der Waals surface area contributed by atoms with Gasteiger partial charge in [0.05, 0.1) is 0 Å². The van der Waals surface area contributed by atoms with Crippen molar-refractivity contribution in [1.82, 2.24) is 4.90 Å². The molecule has 0 aliphatic rings. The summed E-state index contributed by atoms with van der Waals surface area (Å²) in [6, 6.07) is 3.83. The highest BCUT2D eigenvalue weighted by atomic mass is 19.1. The van der Waals surface area contributed by atoms with Crippen LogP contribution in [-0.4, -0.2) is 31.2 Å². The Bertz CT molecular complexity index is 388. The molecule has 4 heteroatoms. The molecule has 0 spiro atoms. The van der Waals surface area contributed by atoms with Crippen molar-refractivity contribution in [2.75, 3.05) is 14.1 Å².